The Bertz CT molecular complexity index is 707. The molecule has 0 aliphatic heterocycles. The second-order valence-corrected chi connectivity index (χ2v) is 11.6. The minimum absolute atomic E-state index is 0.00684. The van der Waals surface area contributed by atoms with Gasteiger partial charge in [0.05, 0.1) is 11.4 Å². The third-order valence-corrected chi connectivity index (χ3v) is 6.17. The van der Waals surface area contributed by atoms with Crippen molar-refractivity contribution in [2.45, 2.75) is 106 Å². The maximum atomic E-state index is 4.78. The van der Waals surface area contributed by atoms with Gasteiger partial charge in [-0.15, -0.1) is 6.58 Å². The summed E-state index contributed by atoms with van der Waals surface area (Å²) >= 11 is 0. The predicted molar refractivity (Wildman–Crippen MR) is 124 cm³/mol. The normalized spacial score (nSPS) is 14.7. The number of hydrogen-bond acceptors (Lipinski definition) is 2. The lowest BCUT2D eigenvalue weighted by molar-refractivity contribution is 0.314. The van der Waals surface area contributed by atoms with Crippen LogP contribution < -0.4 is 0 Å². The van der Waals surface area contributed by atoms with Crippen LogP contribution in [-0.2, 0) is 10.8 Å². The lowest BCUT2D eigenvalue weighted by Gasteiger charge is -2.37. The summed E-state index contributed by atoms with van der Waals surface area (Å²) in [6.45, 7) is 29.3. The molecular formula is C26H44N2. The van der Waals surface area contributed by atoms with Crippen molar-refractivity contribution in [2.75, 3.05) is 0 Å². The van der Waals surface area contributed by atoms with Crippen LogP contribution >= 0.6 is 0 Å². The monoisotopic (exact) mass is 384 g/mol. The standard InChI is InChI=1S/C26H44N2/c1-13-14-20(19(2)23(3,4)5)25(9,10)15-16-26(11,12)22-21(24(6,7)8)27-17-18-28-22/h13,17-18H,1,14-16H2,2-12H3/b20-19-. The van der Waals surface area contributed by atoms with E-state index < -0.39 is 0 Å². The van der Waals surface area contributed by atoms with Crippen LogP contribution in [0.15, 0.2) is 36.2 Å². The summed E-state index contributed by atoms with van der Waals surface area (Å²) in [6, 6.07) is 0. The number of nitrogens with zero attached hydrogens (tertiary/aromatic N) is 2. The summed E-state index contributed by atoms with van der Waals surface area (Å²) in [5.41, 5.74) is 5.54. The molecular weight excluding hydrogens is 340 g/mol. The van der Waals surface area contributed by atoms with Gasteiger partial charge in [0.25, 0.3) is 0 Å². The fourth-order valence-electron chi connectivity index (χ4n) is 3.81. The summed E-state index contributed by atoms with van der Waals surface area (Å²) < 4.78 is 0. The molecule has 2 nitrogen and oxygen atoms in total. The van der Waals surface area contributed by atoms with Gasteiger partial charge >= 0.3 is 0 Å². The average Bonchev–Trinajstić information content (AvgIpc) is 2.56. The minimum Gasteiger partial charge on any atom is -0.257 e. The van der Waals surface area contributed by atoms with E-state index in [4.69, 9.17) is 9.97 Å². The number of allylic oxidation sites excluding steroid dienone is 3. The Labute approximate surface area is 175 Å². The van der Waals surface area contributed by atoms with Gasteiger partial charge in [-0.2, -0.15) is 0 Å². The zero-order chi connectivity index (χ0) is 22.0. The van der Waals surface area contributed by atoms with Gasteiger partial charge in [-0.05, 0) is 37.0 Å². The summed E-state index contributed by atoms with van der Waals surface area (Å²) in [4.78, 5) is 9.48. The molecule has 1 rings (SSSR count). The van der Waals surface area contributed by atoms with Crippen LogP contribution in [-0.4, -0.2) is 9.97 Å². The van der Waals surface area contributed by atoms with Crippen molar-refractivity contribution in [3.63, 3.8) is 0 Å². The quantitative estimate of drug-likeness (QED) is 0.448. The zero-order valence-corrected chi connectivity index (χ0v) is 20.5. The van der Waals surface area contributed by atoms with Crippen molar-refractivity contribution >= 4 is 0 Å². The maximum Gasteiger partial charge on any atom is 0.0680 e. The largest absolute Gasteiger partial charge is 0.257 e. The van der Waals surface area contributed by atoms with E-state index in [1.165, 1.54) is 11.1 Å². The highest BCUT2D eigenvalue weighted by atomic mass is 14.8. The van der Waals surface area contributed by atoms with Crippen LogP contribution in [0.4, 0.5) is 0 Å². The summed E-state index contributed by atoms with van der Waals surface area (Å²) in [5, 5.41) is 0. The molecule has 0 unspecified atom stereocenters. The first-order valence-corrected chi connectivity index (χ1v) is 10.7. The van der Waals surface area contributed by atoms with Crippen molar-refractivity contribution in [1.29, 1.82) is 0 Å². The molecule has 0 aliphatic rings. The summed E-state index contributed by atoms with van der Waals surface area (Å²) in [7, 11) is 0. The van der Waals surface area contributed by atoms with E-state index in [9.17, 15) is 0 Å². The van der Waals surface area contributed by atoms with Crippen LogP contribution in [0.2, 0.25) is 0 Å². The van der Waals surface area contributed by atoms with Gasteiger partial charge in [-0.1, -0.05) is 86.5 Å². The van der Waals surface area contributed by atoms with E-state index in [-0.39, 0.29) is 21.7 Å². The molecule has 158 valence electrons. The first kappa shape index (κ1) is 24.6. The first-order valence-electron chi connectivity index (χ1n) is 10.7. The van der Waals surface area contributed by atoms with Gasteiger partial charge in [0.2, 0.25) is 0 Å². The molecule has 0 aromatic carbocycles. The van der Waals surface area contributed by atoms with Crippen molar-refractivity contribution < 1.29 is 0 Å². The summed E-state index contributed by atoms with van der Waals surface area (Å²) in [6.07, 6.45) is 8.84. The molecule has 0 N–H and O–H groups in total. The lowest BCUT2D eigenvalue weighted by atomic mass is 9.68. The van der Waals surface area contributed by atoms with Crippen LogP contribution in [0.1, 0.15) is 107 Å². The van der Waals surface area contributed by atoms with Gasteiger partial charge in [-0.3, -0.25) is 9.97 Å². The molecule has 0 saturated carbocycles. The Kier molecular flexibility index (Phi) is 7.48. The van der Waals surface area contributed by atoms with Gasteiger partial charge in [0.15, 0.2) is 0 Å². The summed E-state index contributed by atoms with van der Waals surface area (Å²) in [5.74, 6) is 0. The van der Waals surface area contributed by atoms with E-state index >= 15 is 0 Å². The second-order valence-electron chi connectivity index (χ2n) is 11.6. The Morgan fingerprint density at radius 1 is 0.857 bits per heavy atom. The SMILES string of the molecule is C=CC/C(=C(\C)C(C)(C)C)C(C)(C)CCC(C)(C)c1nccnc1C(C)(C)C. The first-order chi connectivity index (χ1) is 12.5. The van der Waals surface area contributed by atoms with Gasteiger partial charge < -0.3 is 0 Å². The number of rotatable bonds is 7. The van der Waals surface area contributed by atoms with E-state index in [0.29, 0.717) is 0 Å². The molecule has 0 fully saturated rings. The van der Waals surface area contributed by atoms with Crippen molar-refractivity contribution in [1.82, 2.24) is 9.97 Å². The highest BCUT2D eigenvalue weighted by Gasteiger charge is 2.34. The highest BCUT2D eigenvalue weighted by molar-refractivity contribution is 5.28. The van der Waals surface area contributed by atoms with Gasteiger partial charge in [-0.25, -0.2) is 0 Å². The molecule has 0 saturated heterocycles. The minimum atomic E-state index is -0.0247. The fourth-order valence-corrected chi connectivity index (χ4v) is 3.81. The van der Waals surface area contributed by atoms with E-state index in [1.807, 2.05) is 12.4 Å². The van der Waals surface area contributed by atoms with E-state index in [1.54, 1.807) is 0 Å². The Hall–Kier alpha value is -1.44. The van der Waals surface area contributed by atoms with Crippen molar-refractivity contribution in [3.05, 3.63) is 47.6 Å². The second kappa shape index (κ2) is 8.51. The third kappa shape index (κ3) is 6.03. The molecule has 0 amide bonds. The smallest absolute Gasteiger partial charge is 0.0680 e. The van der Waals surface area contributed by atoms with Crippen LogP contribution in [0, 0.1) is 10.8 Å². The molecule has 0 radical (unpaired) electrons. The van der Waals surface area contributed by atoms with E-state index in [2.05, 4.69) is 88.8 Å². The van der Waals surface area contributed by atoms with Gasteiger partial charge in [0.1, 0.15) is 0 Å². The number of hydrogen-bond donors (Lipinski definition) is 0. The lowest BCUT2D eigenvalue weighted by Crippen LogP contribution is -2.29. The molecule has 0 aliphatic carbocycles. The predicted octanol–water partition coefficient (Wildman–Crippen LogP) is 7.80. The Morgan fingerprint density at radius 3 is 1.79 bits per heavy atom. The zero-order valence-electron chi connectivity index (χ0n) is 20.5. The average molecular weight is 385 g/mol. The molecule has 2 heteroatoms. The molecule has 28 heavy (non-hydrogen) atoms. The van der Waals surface area contributed by atoms with Crippen molar-refractivity contribution in [2.24, 2.45) is 10.8 Å². The highest BCUT2D eigenvalue weighted by Crippen LogP contribution is 2.44. The number of aromatic nitrogens is 2. The maximum absolute atomic E-state index is 4.78. The molecule has 1 heterocycles. The Balaban J connectivity index is 3.23. The van der Waals surface area contributed by atoms with E-state index in [0.717, 1.165) is 30.7 Å². The molecule has 1 aromatic rings. The molecule has 0 atom stereocenters. The van der Waals surface area contributed by atoms with Crippen LogP contribution in [0.5, 0.6) is 0 Å². The Morgan fingerprint density at radius 2 is 1.36 bits per heavy atom. The molecule has 1 aromatic heterocycles. The van der Waals surface area contributed by atoms with Gasteiger partial charge in [0, 0.05) is 23.2 Å². The third-order valence-electron chi connectivity index (χ3n) is 6.17. The topological polar surface area (TPSA) is 25.8 Å². The van der Waals surface area contributed by atoms with Crippen molar-refractivity contribution in [3.8, 4) is 0 Å². The molecule has 0 spiro atoms. The van der Waals surface area contributed by atoms with Crippen LogP contribution in [0.25, 0.3) is 0 Å². The van der Waals surface area contributed by atoms with Crippen LogP contribution in [0.3, 0.4) is 0 Å². The fraction of sp³-hybridized carbons (Fsp3) is 0.692. The molecule has 0 bridgehead atoms.